The van der Waals surface area contributed by atoms with Crippen molar-refractivity contribution in [3.8, 4) is 11.3 Å². The lowest BCUT2D eigenvalue weighted by Crippen LogP contribution is -2.37. The SMILES string of the molecule is Cc1ncc(NC(=O)c2ccncc2)cc1-c1cc(N2CCOCC2)n2nccc2n1. The Morgan fingerprint density at radius 2 is 1.90 bits per heavy atom. The highest BCUT2D eigenvalue weighted by Crippen LogP contribution is 2.28. The summed E-state index contributed by atoms with van der Waals surface area (Å²) in [5, 5.41) is 7.34. The number of fused-ring (bicyclic) bond motifs is 1. The fraction of sp³-hybridized carbons (Fsp3) is 0.227. The van der Waals surface area contributed by atoms with Crippen LogP contribution in [0.2, 0.25) is 0 Å². The normalized spacial score (nSPS) is 14.0. The van der Waals surface area contributed by atoms with Crippen molar-refractivity contribution in [3.63, 3.8) is 0 Å². The Hall–Kier alpha value is -3.85. The van der Waals surface area contributed by atoms with Crippen molar-refractivity contribution < 1.29 is 9.53 Å². The molecule has 0 saturated carbocycles. The molecule has 5 heterocycles. The molecule has 1 saturated heterocycles. The van der Waals surface area contributed by atoms with E-state index in [4.69, 9.17) is 9.72 Å². The number of carbonyl (C=O) groups excluding carboxylic acids is 1. The Kier molecular flexibility index (Phi) is 5.01. The zero-order chi connectivity index (χ0) is 21.2. The number of aromatic nitrogens is 5. The van der Waals surface area contributed by atoms with Crippen LogP contribution >= 0.6 is 0 Å². The van der Waals surface area contributed by atoms with Crippen LogP contribution in [-0.2, 0) is 4.74 Å². The van der Waals surface area contributed by atoms with E-state index in [1.165, 1.54) is 0 Å². The Morgan fingerprint density at radius 3 is 2.71 bits per heavy atom. The molecule has 0 spiro atoms. The van der Waals surface area contributed by atoms with Crippen LogP contribution in [0.4, 0.5) is 11.5 Å². The molecule has 5 rings (SSSR count). The lowest BCUT2D eigenvalue weighted by molar-refractivity contribution is 0.102. The number of nitrogens with zero attached hydrogens (tertiary/aromatic N) is 6. The maximum absolute atomic E-state index is 12.5. The number of morpholine rings is 1. The third kappa shape index (κ3) is 3.82. The highest BCUT2D eigenvalue weighted by atomic mass is 16.5. The number of ether oxygens (including phenoxy) is 1. The van der Waals surface area contributed by atoms with E-state index in [0.717, 1.165) is 41.5 Å². The minimum absolute atomic E-state index is 0.216. The molecule has 0 bridgehead atoms. The maximum atomic E-state index is 12.5. The minimum atomic E-state index is -0.216. The smallest absolute Gasteiger partial charge is 0.255 e. The Labute approximate surface area is 178 Å². The topological polar surface area (TPSA) is 97.5 Å². The first-order chi connectivity index (χ1) is 15.2. The standard InChI is InChI=1S/C22H21N7O2/c1-15-18(12-17(14-24-15)26-22(30)16-2-5-23-6-3-16)19-13-21(28-8-10-31-11-9-28)29-20(27-19)4-7-25-29/h2-7,12-14H,8-11H2,1H3,(H,26,30). The van der Waals surface area contributed by atoms with E-state index in [9.17, 15) is 4.79 Å². The largest absolute Gasteiger partial charge is 0.378 e. The molecule has 4 aromatic rings. The molecule has 4 aromatic heterocycles. The summed E-state index contributed by atoms with van der Waals surface area (Å²) in [5.41, 5.74) is 4.34. The number of aryl methyl sites for hydroxylation is 1. The summed E-state index contributed by atoms with van der Waals surface area (Å²) in [6, 6.07) is 9.14. The third-order valence-electron chi connectivity index (χ3n) is 5.24. The van der Waals surface area contributed by atoms with Gasteiger partial charge in [-0.3, -0.25) is 14.8 Å². The van der Waals surface area contributed by atoms with Gasteiger partial charge in [0.15, 0.2) is 5.65 Å². The van der Waals surface area contributed by atoms with Crippen LogP contribution in [0.1, 0.15) is 16.1 Å². The first-order valence-corrected chi connectivity index (χ1v) is 10.0. The average Bonchev–Trinajstić information content (AvgIpc) is 3.29. The van der Waals surface area contributed by atoms with Gasteiger partial charge in [-0.05, 0) is 25.1 Å². The number of pyridine rings is 2. The van der Waals surface area contributed by atoms with Crippen molar-refractivity contribution in [2.24, 2.45) is 0 Å². The van der Waals surface area contributed by atoms with Crippen LogP contribution in [-0.4, -0.2) is 56.8 Å². The van der Waals surface area contributed by atoms with E-state index in [1.807, 2.05) is 29.6 Å². The van der Waals surface area contributed by atoms with Crippen LogP contribution in [0.5, 0.6) is 0 Å². The molecule has 0 aliphatic carbocycles. The molecule has 9 heteroatoms. The Morgan fingerprint density at radius 1 is 1.10 bits per heavy atom. The monoisotopic (exact) mass is 415 g/mol. The molecular weight excluding hydrogens is 394 g/mol. The van der Waals surface area contributed by atoms with E-state index >= 15 is 0 Å². The maximum Gasteiger partial charge on any atom is 0.255 e. The van der Waals surface area contributed by atoms with Gasteiger partial charge in [-0.15, -0.1) is 0 Å². The molecule has 0 aromatic carbocycles. The summed E-state index contributed by atoms with van der Waals surface area (Å²) in [4.78, 5) is 28.0. The summed E-state index contributed by atoms with van der Waals surface area (Å²) < 4.78 is 7.34. The van der Waals surface area contributed by atoms with Crippen LogP contribution < -0.4 is 10.2 Å². The second-order valence-corrected chi connectivity index (χ2v) is 7.25. The van der Waals surface area contributed by atoms with E-state index in [-0.39, 0.29) is 5.91 Å². The molecule has 1 N–H and O–H groups in total. The lowest BCUT2D eigenvalue weighted by Gasteiger charge is -2.29. The number of anilines is 2. The van der Waals surface area contributed by atoms with Crippen molar-refractivity contribution in [1.29, 1.82) is 0 Å². The van der Waals surface area contributed by atoms with Gasteiger partial charge in [0.05, 0.1) is 37.0 Å². The molecule has 1 fully saturated rings. The van der Waals surface area contributed by atoms with Crippen LogP contribution in [0, 0.1) is 6.92 Å². The van der Waals surface area contributed by atoms with Crippen LogP contribution in [0.25, 0.3) is 16.9 Å². The van der Waals surface area contributed by atoms with Gasteiger partial charge in [-0.25, -0.2) is 4.98 Å². The highest BCUT2D eigenvalue weighted by Gasteiger charge is 2.18. The number of amides is 1. The van der Waals surface area contributed by atoms with E-state index in [1.54, 1.807) is 36.9 Å². The van der Waals surface area contributed by atoms with Gasteiger partial charge in [0.1, 0.15) is 5.82 Å². The van der Waals surface area contributed by atoms with Crippen molar-refractivity contribution in [2.75, 3.05) is 36.5 Å². The van der Waals surface area contributed by atoms with E-state index in [2.05, 4.69) is 25.3 Å². The highest BCUT2D eigenvalue weighted by molar-refractivity contribution is 6.04. The second-order valence-electron chi connectivity index (χ2n) is 7.25. The molecule has 1 aliphatic rings. The predicted molar refractivity (Wildman–Crippen MR) is 116 cm³/mol. The molecule has 9 nitrogen and oxygen atoms in total. The van der Waals surface area contributed by atoms with Gasteiger partial charge in [-0.1, -0.05) is 0 Å². The van der Waals surface area contributed by atoms with Gasteiger partial charge in [-0.2, -0.15) is 9.61 Å². The van der Waals surface area contributed by atoms with Crippen molar-refractivity contribution in [2.45, 2.75) is 6.92 Å². The summed E-state index contributed by atoms with van der Waals surface area (Å²) in [6.07, 6.45) is 6.57. The summed E-state index contributed by atoms with van der Waals surface area (Å²) in [5.74, 6) is 0.742. The number of hydrogen-bond acceptors (Lipinski definition) is 7. The quantitative estimate of drug-likeness (QED) is 0.547. The van der Waals surface area contributed by atoms with Crippen molar-refractivity contribution >= 4 is 23.1 Å². The van der Waals surface area contributed by atoms with Gasteiger partial charge in [0.2, 0.25) is 0 Å². The molecule has 1 aliphatic heterocycles. The van der Waals surface area contributed by atoms with E-state index in [0.29, 0.717) is 24.5 Å². The van der Waals surface area contributed by atoms with Crippen LogP contribution in [0.15, 0.2) is 55.1 Å². The first-order valence-electron chi connectivity index (χ1n) is 10.0. The van der Waals surface area contributed by atoms with Crippen LogP contribution in [0.3, 0.4) is 0 Å². The van der Waals surface area contributed by atoms with E-state index < -0.39 is 0 Å². The zero-order valence-electron chi connectivity index (χ0n) is 17.0. The summed E-state index contributed by atoms with van der Waals surface area (Å²) >= 11 is 0. The summed E-state index contributed by atoms with van der Waals surface area (Å²) in [7, 11) is 0. The zero-order valence-corrected chi connectivity index (χ0v) is 17.0. The fourth-order valence-electron chi connectivity index (χ4n) is 3.62. The Balaban J connectivity index is 1.52. The van der Waals surface area contributed by atoms with Crippen molar-refractivity contribution in [3.05, 3.63) is 66.4 Å². The van der Waals surface area contributed by atoms with Gasteiger partial charge in [0, 0.05) is 54.4 Å². The molecular formula is C22H21N7O2. The lowest BCUT2D eigenvalue weighted by atomic mass is 10.1. The fourth-order valence-corrected chi connectivity index (χ4v) is 3.62. The Bertz CT molecular complexity index is 1230. The number of carbonyl (C=O) groups is 1. The molecule has 1 amide bonds. The van der Waals surface area contributed by atoms with Gasteiger partial charge < -0.3 is 15.0 Å². The van der Waals surface area contributed by atoms with Crippen molar-refractivity contribution in [1.82, 2.24) is 24.6 Å². The van der Waals surface area contributed by atoms with Gasteiger partial charge >= 0.3 is 0 Å². The predicted octanol–water partition coefficient (Wildman–Crippen LogP) is 2.58. The number of rotatable bonds is 4. The average molecular weight is 415 g/mol. The molecule has 0 atom stereocenters. The minimum Gasteiger partial charge on any atom is -0.378 e. The molecule has 0 radical (unpaired) electrons. The number of hydrogen-bond donors (Lipinski definition) is 1. The molecule has 31 heavy (non-hydrogen) atoms. The summed E-state index contributed by atoms with van der Waals surface area (Å²) in [6.45, 7) is 4.87. The van der Waals surface area contributed by atoms with Gasteiger partial charge in [0.25, 0.3) is 5.91 Å². The third-order valence-corrected chi connectivity index (χ3v) is 5.24. The first kappa shape index (κ1) is 19.1. The second kappa shape index (κ2) is 8.11. The molecule has 156 valence electrons. The number of nitrogens with one attached hydrogen (secondary N) is 1. The molecule has 0 unspecified atom stereocenters.